The van der Waals surface area contributed by atoms with E-state index in [2.05, 4.69) is 34.6 Å². The van der Waals surface area contributed by atoms with Crippen molar-refractivity contribution in [1.82, 2.24) is 0 Å². The van der Waals surface area contributed by atoms with Gasteiger partial charge in [0, 0.05) is 25.7 Å². The van der Waals surface area contributed by atoms with Gasteiger partial charge in [-0.1, -0.05) is 439 Å². The molecule has 648 valence electrons. The number of aliphatic hydroxyl groups is 1. The molecule has 0 aliphatic heterocycles. The summed E-state index contributed by atoms with van der Waals surface area (Å²) in [5.74, 6) is -1.23. The van der Waals surface area contributed by atoms with E-state index in [1.807, 2.05) is 0 Å². The Morgan fingerprint density at radius 1 is 0.257 bits per heavy atom. The van der Waals surface area contributed by atoms with Crippen LogP contribution in [0.1, 0.15) is 490 Å². The van der Waals surface area contributed by atoms with E-state index >= 15 is 0 Å². The van der Waals surface area contributed by atoms with Crippen LogP contribution in [0.5, 0.6) is 0 Å². The molecule has 0 rings (SSSR count). The average Bonchev–Trinajstić information content (AvgIpc) is 0.901. The van der Waals surface area contributed by atoms with E-state index in [-0.39, 0.29) is 25.7 Å². The molecule has 109 heavy (non-hydrogen) atoms. The summed E-state index contributed by atoms with van der Waals surface area (Å²) in [6.07, 6.45) is 78.0. The minimum absolute atomic E-state index is 0.109. The number of carbonyl (C=O) groups is 4. The van der Waals surface area contributed by atoms with Crippen LogP contribution in [-0.4, -0.2) is 96.7 Å². The van der Waals surface area contributed by atoms with E-state index < -0.39 is 97.5 Å². The minimum Gasteiger partial charge on any atom is -0.462 e. The second kappa shape index (κ2) is 82.6. The molecule has 19 heteroatoms. The van der Waals surface area contributed by atoms with Crippen LogP contribution < -0.4 is 0 Å². The maximum atomic E-state index is 13.2. The summed E-state index contributed by atoms with van der Waals surface area (Å²) in [6.45, 7) is 7.42. The first-order chi connectivity index (χ1) is 53.1. The van der Waals surface area contributed by atoms with Gasteiger partial charge in [-0.2, -0.15) is 0 Å². The lowest BCUT2D eigenvalue weighted by atomic mass is 9.99. The molecule has 6 atom stereocenters. The molecule has 3 N–H and O–H groups in total. The van der Waals surface area contributed by atoms with Crippen molar-refractivity contribution in [3.05, 3.63) is 0 Å². The van der Waals surface area contributed by atoms with Crippen LogP contribution in [-0.2, 0) is 65.4 Å². The second-order valence-electron chi connectivity index (χ2n) is 32.6. The van der Waals surface area contributed by atoms with Crippen LogP contribution in [0.15, 0.2) is 0 Å². The second-order valence-corrected chi connectivity index (χ2v) is 35.5. The predicted molar refractivity (Wildman–Crippen MR) is 451 cm³/mol. The highest BCUT2D eigenvalue weighted by molar-refractivity contribution is 7.47. The number of unbranched alkanes of at least 4 members (excludes halogenated alkanes) is 61. The molecule has 0 saturated carbocycles. The summed E-state index contributed by atoms with van der Waals surface area (Å²) >= 11 is 0. The fourth-order valence-electron chi connectivity index (χ4n) is 14.1. The lowest BCUT2D eigenvalue weighted by Gasteiger charge is -2.21. The Hall–Kier alpha value is -1.94. The van der Waals surface area contributed by atoms with Crippen molar-refractivity contribution in [2.24, 2.45) is 5.92 Å². The van der Waals surface area contributed by atoms with E-state index in [0.717, 1.165) is 95.8 Å². The molecule has 0 radical (unpaired) electrons. The van der Waals surface area contributed by atoms with Crippen LogP contribution in [0.2, 0.25) is 0 Å². The third kappa shape index (κ3) is 82.4. The molecule has 0 aliphatic rings. The maximum absolute atomic E-state index is 13.2. The largest absolute Gasteiger partial charge is 0.472 e. The summed E-state index contributed by atoms with van der Waals surface area (Å²) in [7, 11) is -9.93. The number of hydrogen-bond acceptors (Lipinski definition) is 15. The quantitative estimate of drug-likeness (QED) is 0.0222. The van der Waals surface area contributed by atoms with Crippen LogP contribution in [0.4, 0.5) is 0 Å². The molecule has 0 heterocycles. The molecular weight excluding hydrogens is 1410 g/mol. The van der Waals surface area contributed by atoms with Crippen LogP contribution in [0, 0.1) is 5.92 Å². The number of esters is 4. The fourth-order valence-corrected chi connectivity index (χ4v) is 15.7. The van der Waals surface area contributed by atoms with Gasteiger partial charge in [-0.3, -0.25) is 37.3 Å². The van der Waals surface area contributed by atoms with Crippen molar-refractivity contribution in [2.45, 2.75) is 509 Å². The summed E-state index contributed by atoms with van der Waals surface area (Å²) < 4.78 is 68.9. The number of phosphoric ester groups is 2. The first-order valence-electron chi connectivity index (χ1n) is 46.7. The standard InChI is InChI=1S/C90H176O17P2/c1-6-10-13-16-19-22-24-26-28-30-31-32-33-34-39-42-46-50-54-59-64-69-74-88(93)101-80-86(107-90(95)76-71-66-61-56-52-48-44-40-36-35-38-41-45-49-53-57-62-67-72-83(5)9-4)82-105-109(98,99)103-78-84(91)77-102-108(96,97)104-81-85(79-100-87(92)73-68-63-58-21-18-15-12-8-3)106-89(94)75-70-65-60-55-51-47-43-37-29-27-25-23-20-17-14-11-7-2/h83-86,91H,6-82H2,1-5H3,(H,96,97)(H,98,99)/t83?,84-,85+,86+/m0/s1. The molecule has 0 aromatic carbocycles. The molecule has 0 fully saturated rings. The Labute approximate surface area is 670 Å². The number of phosphoric acid groups is 2. The highest BCUT2D eigenvalue weighted by Gasteiger charge is 2.31. The normalized spacial score (nSPS) is 13.9. The number of ether oxygens (including phenoxy) is 4. The third-order valence-electron chi connectivity index (χ3n) is 21.6. The Balaban J connectivity index is 5.17. The van der Waals surface area contributed by atoms with Gasteiger partial charge in [0.15, 0.2) is 12.2 Å². The van der Waals surface area contributed by atoms with Crippen molar-refractivity contribution in [2.75, 3.05) is 39.6 Å². The van der Waals surface area contributed by atoms with E-state index in [0.29, 0.717) is 25.7 Å². The minimum atomic E-state index is -4.97. The SMILES string of the molecule is CCCCCCCCCCCCCCCCCCCCCCCCC(=O)OC[C@H](COP(=O)(O)OC[C@@H](O)COP(=O)(O)OC[C@@H](COC(=O)CCCCCCCCCC)OC(=O)CCCCCCCCCCCCCCCCCCC)OC(=O)CCCCCCCCCCCCCCCCCCCCC(C)CC. The third-order valence-corrected chi connectivity index (χ3v) is 23.5. The van der Waals surface area contributed by atoms with Gasteiger partial charge in [-0.25, -0.2) is 9.13 Å². The predicted octanol–water partition coefficient (Wildman–Crippen LogP) is 27.9. The van der Waals surface area contributed by atoms with E-state index in [4.69, 9.17) is 37.0 Å². The van der Waals surface area contributed by atoms with Crippen LogP contribution >= 0.6 is 15.6 Å². The van der Waals surface area contributed by atoms with Gasteiger partial charge in [0.25, 0.3) is 0 Å². The zero-order valence-electron chi connectivity index (χ0n) is 71.7. The van der Waals surface area contributed by atoms with Crippen LogP contribution in [0.25, 0.3) is 0 Å². The molecule has 0 aliphatic carbocycles. The first-order valence-corrected chi connectivity index (χ1v) is 49.7. The van der Waals surface area contributed by atoms with Crippen LogP contribution in [0.3, 0.4) is 0 Å². The molecule has 17 nitrogen and oxygen atoms in total. The number of rotatable bonds is 90. The highest BCUT2D eigenvalue weighted by Crippen LogP contribution is 2.45. The van der Waals surface area contributed by atoms with Gasteiger partial charge in [0.1, 0.15) is 19.3 Å². The number of carbonyl (C=O) groups excluding carboxylic acids is 4. The molecule has 0 aromatic rings. The van der Waals surface area contributed by atoms with E-state index in [1.54, 1.807) is 0 Å². The first kappa shape index (κ1) is 107. The summed E-state index contributed by atoms with van der Waals surface area (Å²) in [4.78, 5) is 73.2. The molecule has 0 spiro atoms. The highest BCUT2D eigenvalue weighted by atomic mass is 31.2. The molecule has 0 saturated heterocycles. The van der Waals surface area contributed by atoms with Gasteiger partial charge in [0.05, 0.1) is 26.4 Å². The molecular formula is C90H176O17P2. The summed E-state index contributed by atoms with van der Waals surface area (Å²) in [6, 6.07) is 0. The lowest BCUT2D eigenvalue weighted by molar-refractivity contribution is -0.161. The Morgan fingerprint density at radius 3 is 0.651 bits per heavy atom. The monoisotopic (exact) mass is 1590 g/mol. The zero-order valence-corrected chi connectivity index (χ0v) is 73.5. The van der Waals surface area contributed by atoms with Gasteiger partial charge in [0.2, 0.25) is 0 Å². The van der Waals surface area contributed by atoms with E-state index in [9.17, 15) is 43.2 Å². The van der Waals surface area contributed by atoms with Gasteiger partial charge in [-0.05, 0) is 31.6 Å². The van der Waals surface area contributed by atoms with Crippen molar-refractivity contribution in [3.8, 4) is 0 Å². The molecule has 0 amide bonds. The fraction of sp³-hybridized carbons (Fsp3) is 0.956. The zero-order chi connectivity index (χ0) is 79.7. The van der Waals surface area contributed by atoms with Crippen molar-refractivity contribution in [3.63, 3.8) is 0 Å². The molecule has 0 bridgehead atoms. The molecule has 0 aromatic heterocycles. The van der Waals surface area contributed by atoms with Crippen molar-refractivity contribution in [1.29, 1.82) is 0 Å². The Morgan fingerprint density at radius 2 is 0.440 bits per heavy atom. The average molecular weight is 1590 g/mol. The summed E-state index contributed by atoms with van der Waals surface area (Å²) in [5, 5.41) is 10.7. The number of aliphatic hydroxyl groups excluding tert-OH is 1. The topological polar surface area (TPSA) is 237 Å². The van der Waals surface area contributed by atoms with E-state index in [1.165, 1.54) is 315 Å². The Kier molecular flexibility index (Phi) is 81.1. The maximum Gasteiger partial charge on any atom is 0.472 e. The molecule has 3 unspecified atom stereocenters. The number of hydrogen-bond donors (Lipinski definition) is 3. The Bertz CT molecular complexity index is 2070. The van der Waals surface area contributed by atoms with Gasteiger partial charge in [-0.15, -0.1) is 0 Å². The van der Waals surface area contributed by atoms with Crippen molar-refractivity contribution >= 4 is 39.5 Å². The van der Waals surface area contributed by atoms with Gasteiger partial charge >= 0.3 is 39.5 Å². The van der Waals surface area contributed by atoms with Gasteiger partial charge < -0.3 is 33.8 Å². The summed E-state index contributed by atoms with van der Waals surface area (Å²) in [5.41, 5.74) is 0. The lowest BCUT2D eigenvalue weighted by Crippen LogP contribution is -2.30. The smallest absolute Gasteiger partial charge is 0.462 e. The van der Waals surface area contributed by atoms with Crippen molar-refractivity contribution < 1.29 is 80.2 Å².